The molecule has 0 radical (unpaired) electrons. The van der Waals surface area contributed by atoms with Crippen molar-refractivity contribution in [3.8, 4) is 5.75 Å². The Kier molecular flexibility index (Phi) is 5.05. The number of hydrogen-bond acceptors (Lipinski definition) is 4. The molecule has 5 heteroatoms. The predicted octanol–water partition coefficient (Wildman–Crippen LogP) is 1.55. The van der Waals surface area contributed by atoms with Crippen LogP contribution in [0.3, 0.4) is 0 Å². The first-order valence-electron chi connectivity index (χ1n) is 4.90. The summed E-state index contributed by atoms with van der Waals surface area (Å²) >= 11 is 3.95. The third kappa shape index (κ3) is 3.10. The molecule has 2 unspecified atom stereocenters. The molecule has 0 spiro atoms. The first-order valence-corrected chi connectivity index (χ1v) is 5.53. The zero-order chi connectivity index (χ0) is 12.1. The average Bonchev–Trinajstić information content (AvgIpc) is 2.28. The molecule has 3 nitrogen and oxygen atoms in total. The molecule has 0 saturated carbocycles. The van der Waals surface area contributed by atoms with E-state index in [9.17, 15) is 14.6 Å². The van der Waals surface area contributed by atoms with E-state index in [0.29, 0.717) is 17.7 Å². The minimum absolute atomic E-state index is 0.111. The van der Waals surface area contributed by atoms with E-state index in [1.807, 2.05) is 0 Å². The molecule has 0 heterocycles. The number of benzene rings is 1. The van der Waals surface area contributed by atoms with Crippen molar-refractivity contribution in [2.75, 3.05) is 12.9 Å². The summed E-state index contributed by atoms with van der Waals surface area (Å²) in [7, 11) is 1.37. The van der Waals surface area contributed by atoms with Crippen LogP contribution in [0, 0.1) is 5.82 Å². The smallest absolute Gasteiger partial charge is 0.165 e. The molecule has 0 amide bonds. The quantitative estimate of drug-likeness (QED) is 0.691. The molecule has 0 bridgehead atoms. The van der Waals surface area contributed by atoms with Gasteiger partial charge in [-0.25, -0.2) is 4.39 Å². The SMILES string of the molecule is COc1ccc(C(O)C(O)CCS)cc1F. The highest BCUT2D eigenvalue weighted by Gasteiger charge is 2.18. The van der Waals surface area contributed by atoms with Gasteiger partial charge in [0.15, 0.2) is 11.6 Å². The molecular weight excluding hydrogens is 231 g/mol. The number of halogens is 1. The number of ether oxygens (including phenoxy) is 1. The third-order valence-electron chi connectivity index (χ3n) is 2.31. The van der Waals surface area contributed by atoms with Gasteiger partial charge in [0.25, 0.3) is 0 Å². The fourth-order valence-electron chi connectivity index (χ4n) is 1.38. The van der Waals surface area contributed by atoms with Gasteiger partial charge in [0.05, 0.1) is 13.2 Å². The Bertz CT molecular complexity index is 346. The predicted molar refractivity (Wildman–Crippen MR) is 62.4 cm³/mol. The van der Waals surface area contributed by atoms with E-state index in [4.69, 9.17) is 4.74 Å². The maximum absolute atomic E-state index is 13.3. The fraction of sp³-hybridized carbons (Fsp3) is 0.455. The van der Waals surface area contributed by atoms with Crippen molar-refractivity contribution in [2.24, 2.45) is 0 Å². The summed E-state index contributed by atoms with van der Waals surface area (Å²) in [6.07, 6.45) is -1.70. The van der Waals surface area contributed by atoms with Crippen LogP contribution in [-0.4, -0.2) is 29.2 Å². The summed E-state index contributed by atoms with van der Waals surface area (Å²) in [5.41, 5.74) is 0.326. The summed E-state index contributed by atoms with van der Waals surface area (Å²) in [6, 6.07) is 4.10. The highest BCUT2D eigenvalue weighted by atomic mass is 32.1. The molecule has 0 aliphatic rings. The van der Waals surface area contributed by atoms with Crippen molar-refractivity contribution in [3.05, 3.63) is 29.6 Å². The highest BCUT2D eigenvalue weighted by Crippen LogP contribution is 2.24. The van der Waals surface area contributed by atoms with Crippen LogP contribution in [0.15, 0.2) is 18.2 Å². The lowest BCUT2D eigenvalue weighted by molar-refractivity contribution is 0.0170. The normalized spacial score (nSPS) is 14.6. The standard InChI is InChI=1S/C11H15FO3S/c1-15-10-3-2-7(6-8(10)12)11(14)9(13)4-5-16/h2-3,6,9,11,13-14,16H,4-5H2,1H3. The van der Waals surface area contributed by atoms with Crippen LogP contribution >= 0.6 is 12.6 Å². The molecule has 1 aromatic rings. The maximum atomic E-state index is 13.3. The molecule has 1 rings (SSSR count). The molecule has 0 fully saturated rings. The van der Waals surface area contributed by atoms with Crippen LogP contribution < -0.4 is 4.74 Å². The molecule has 0 aromatic heterocycles. The van der Waals surface area contributed by atoms with Crippen LogP contribution in [0.1, 0.15) is 18.1 Å². The summed E-state index contributed by atoms with van der Waals surface area (Å²) < 4.78 is 18.1. The Labute approximate surface area is 99.3 Å². The summed E-state index contributed by atoms with van der Waals surface area (Å²) in [5.74, 6) is 0.00778. The van der Waals surface area contributed by atoms with E-state index < -0.39 is 18.0 Å². The molecule has 1 aromatic carbocycles. The van der Waals surface area contributed by atoms with Gasteiger partial charge in [0, 0.05) is 0 Å². The summed E-state index contributed by atoms with van der Waals surface area (Å²) in [6.45, 7) is 0. The van der Waals surface area contributed by atoms with E-state index in [2.05, 4.69) is 12.6 Å². The minimum atomic E-state index is -1.10. The molecule has 2 atom stereocenters. The first kappa shape index (κ1) is 13.3. The van der Waals surface area contributed by atoms with Crippen LogP contribution in [0.4, 0.5) is 4.39 Å². The number of aliphatic hydroxyl groups is 2. The van der Waals surface area contributed by atoms with Crippen molar-refractivity contribution in [1.82, 2.24) is 0 Å². The van der Waals surface area contributed by atoms with E-state index in [-0.39, 0.29) is 5.75 Å². The largest absolute Gasteiger partial charge is 0.494 e. The van der Waals surface area contributed by atoms with Gasteiger partial charge >= 0.3 is 0 Å². The van der Waals surface area contributed by atoms with Gasteiger partial charge in [0.1, 0.15) is 6.10 Å². The van der Waals surface area contributed by atoms with Gasteiger partial charge in [-0.1, -0.05) is 6.07 Å². The first-order chi connectivity index (χ1) is 7.60. The average molecular weight is 246 g/mol. The molecule has 90 valence electrons. The Morgan fingerprint density at radius 2 is 2.12 bits per heavy atom. The van der Waals surface area contributed by atoms with Gasteiger partial charge in [-0.05, 0) is 29.9 Å². The van der Waals surface area contributed by atoms with E-state index >= 15 is 0 Å². The number of thiol groups is 1. The van der Waals surface area contributed by atoms with Crippen molar-refractivity contribution < 1.29 is 19.3 Å². The fourth-order valence-corrected chi connectivity index (χ4v) is 1.64. The van der Waals surface area contributed by atoms with Crippen LogP contribution in [0.25, 0.3) is 0 Å². The Morgan fingerprint density at radius 3 is 2.62 bits per heavy atom. The Hall–Kier alpha value is -0.780. The highest BCUT2D eigenvalue weighted by molar-refractivity contribution is 7.80. The second-order valence-electron chi connectivity index (χ2n) is 3.42. The lowest BCUT2D eigenvalue weighted by Crippen LogP contribution is -2.18. The molecular formula is C11H15FO3S. The summed E-state index contributed by atoms with van der Waals surface area (Å²) in [5, 5.41) is 19.3. The zero-order valence-corrected chi connectivity index (χ0v) is 9.82. The van der Waals surface area contributed by atoms with E-state index in [0.717, 1.165) is 6.07 Å². The van der Waals surface area contributed by atoms with Gasteiger partial charge < -0.3 is 14.9 Å². The second-order valence-corrected chi connectivity index (χ2v) is 3.87. The second kappa shape index (κ2) is 6.08. The van der Waals surface area contributed by atoms with Gasteiger partial charge in [0.2, 0.25) is 0 Å². The third-order valence-corrected chi connectivity index (χ3v) is 2.56. The number of hydrogen-bond donors (Lipinski definition) is 3. The summed E-state index contributed by atoms with van der Waals surface area (Å²) in [4.78, 5) is 0. The minimum Gasteiger partial charge on any atom is -0.494 e. The lowest BCUT2D eigenvalue weighted by Gasteiger charge is -2.17. The van der Waals surface area contributed by atoms with Crippen molar-refractivity contribution in [3.63, 3.8) is 0 Å². The maximum Gasteiger partial charge on any atom is 0.165 e. The molecule has 0 saturated heterocycles. The van der Waals surface area contributed by atoms with Gasteiger partial charge in [-0.15, -0.1) is 0 Å². The van der Waals surface area contributed by atoms with Crippen molar-refractivity contribution in [1.29, 1.82) is 0 Å². The Morgan fingerprint density at radius 1 is 1.44 bits per heavy atom. The van der Waals surface area contributed by atoms with Gasteiger partial charge in [-0.3, -0.25) is 0 Å². The number of aliphatic hydroxyl groups excluding tert-OH is 2. The zero-order valence-electron chi connectivity index (χ0n) is 8.93. The molecule has 0 aliphatic heterocycles. The molecule has 0 aliphatic carbocycles. The number of rotatable bonds is 5. The van der Waals surface area contributed by atoms with Crippen molar-refractivity contribution >= 4 is 12.6 Å². The molecule has 2 N–H and O–H groups in total. The van der Waals surface area contributed by atoms with Crippen molar-refractivity contribution in [2.45, 2.75) is 18.6 Å². The van der Waals surface area contributed by atoms with Crippen LogP contribution in [-0.2, 0) is 0 Å². The van der Waals surface area contributed by atoms with Crippen LogP contribution in [0.5, 0.6) is 5.75 Å². The topological polar surface area (TPSA) is 49.7 Å². The lowest BCUT2D eigenvalue weighted by atomic mass is 10.0. The van der Waals surface area contributed by atoms with Gasteiger partial charge in [-0.2, -0.15) is 12.6 Å². The van der Waals surface area contributed by atoms with Crippen LogP contribution in [0.2, 0.25) is 0 Å². The van der Waals surface area contributed by atoms with E-state index in [1.165, 1.54) is 19.2 Å². The molecule has 16 heavy (non-hydrogen) atoms. The number of methoxy groups -OCH3 is 1. The van der Waals surface area contributed by atoms with E-state index in [1.54, 1.807) is 0 Å². The Balaban J connectivity index is 2.84. The monoisotopic (exact) mass is 246 g/mol.